The lowest BCUT2D eigenvalue weighted by Gasteiger charge is -2.32. The summed E-state index contributed by atoms with van der Waals surface area (Å²) in [6.45, 7) is 4.09. The Morgan fingerprint density at radius 3 is 2.74 bits per heavy atom. The van der Waals surface area contributed by atoms with Gasteiger partial charge < -0.3 is 14.0 Å². The van der Waals surface area contributed by atoms with Crippen molar-refractivity contribution in [2.75, 3.05) is 19.7 Å². The van der Waals surface area contributed by atoms with Crippen LogP contribution >= 0.6 is 11.6 Å². The Balaban J connectivity index is 1.16. The van der Waals surface area contributed by atoms with Gasteiger partial charge in [-0.15, -0.1) is 0 Å². The molecule has 35 heavy (non-hydrogen) atoms. The highest BCUT2D eigenvalue weighted by atomic mass is 35.5. The van der Waals surface area contributed by atoms with E-state index in [0.717, 1.165) is 56.8 Å². The molecule has 0 aliphatic carbocycles. The van der Waals surface area contributed by atoms with Crippen molar-refractivity contribution < 1.29 is 18.7 Å². The minimum atomic E-state index is -0.387. The molecule has 0 saturated carbocycles. The highest BCUT2D eigenvalue weighted by molar-refractivity contribution is 6.30. The summed E-state index contributed by atoms with van der Waals surface area (Å²) in [4.78, 5) is 23.0. The van der Waals surface area contributed by atoms with Crippen molar-refractivity contribution in [3.8, 4) is 5.88 Å². The van der Waals surface area contributed by atoms with Crippen LogP contribution in [0.1, 0.15) is 52.8 Å². The fourth-order valence-corrected chi connectivity index (χ4v) is 4.77. The number of imidazole rings is 1. The number of ether oxygens (including phenoxy) is 2. The zero-order valence-electron chi connectivity index (χ0n) is 19.4. The normalized spacial score (nSPS) is 18.9. The fraction of sp³-hybridized carbons (Fsp3) is 0.423. The van der Waals surface area contributed by atoms with Crippen LogP contribution in [0.4, 0.5) is 4.39 Å². The molecule has 2 aromatic heterocycles. The van der Waals surface area contributed by atoms with Crippen molar-refractivity contribution in [3.05, 3.63) is 76.2 Å². The first-order chi connectivity index (χ1) is 17.1. The maximum atomic E-state index is 14.0. The molecule has 0 N–H and O–H groups in total. The predicted octanol–water partition coefficient (Wildman–Crippen LogP) is 4.63. The average Bonchev–Trinajstić information content (AvgIpc) is 3.22. The number of likely N-dealkylation sites (tertiary alicyclic amines) is 1. The van der Waals surface area contributed by atoms with Gasteiger partial charge in [0.2, 0.25) is 5.88 Å². The number of benzene rings is 1. The van der Waals surface area contributed by atoms with Crippen LogP contribution in [0.25, 0.3) is 0 Å². The summed E-state index contributed by atoms with van der Waals surface area (Å²) in [5, 5.41) is 0.359. The van der Waals surface area contributed by atoms with E-state index in [1.54, 1.807) is 24.4 Å². The number of rotatable bonds is 9. The SMILES string of the molecule is O=Cc1cnc(CN2CCC(c3cccc(OCc4ccc(Cl)cc4F)n3)CC2)n1CC1CCO1. The van der Waals surface area contributed by atoms with Crippen LogP contribution in [0.2, 0.25) is 5.02 Å². The number of aldehydes is 1. The maximum Gasteiger partial charge on any atom is 0.213 e. The van der Waals surface area contributed by atoms with E-state index in [2.05, 4.69) is 14.9 Å². The second-order valence-electron chi connectivity index (χ2n) is 9.08. The molecule has 2 fully saturated rings. The molecule has 5 rings (SSSR count). The van der Waals surface area contributed by atoms with Gasteiger partial charge in [0.05, 0.1) is 25.4 Å². The summed E-state index contributed by atoms with van der Waals surface area (Å²) >= 11 is 5.82. The Morgan fingerprint density at radius 1 is 1.20 bits per heavy atom. The first-order valence-electron chi connectivity index (χ1n) is 12.0. The largest absolute Gasteiger partial charge is 0.473 e. The Bertz CT molecular complexity index is 1180. The van der Waals surface area contributed by atoms with Crippen LogP contribution in [0.15, 0.2) is 42.6 Å². The van der Waals surface area contributed by atoms with Crippen LogP contribution in [0.3, 0.4) is 0 Å². The number of pyridine rings is 1. The Kier molecular flexibility index (Phi) is 7.41. The summed E-state index contributed by atoms with van der Waals surface area (Å²) in [6, 6.07) is 10.3. The standard InChI is InChI=1S/C26H28ClFN4O3/c27-20-5-4-19(23(28)12-20)17-35-26-3-1-2-24(30-26)18-6-9-31(10-7-18)15-25-29-13-21(16-33)32(25)14-22-8-11-34-22/h1-5,12-13,16,18,22H,6-11,14-15,17H2. The van der Waals surface area contributed by atoms with E-state index in [4.69, 9.17) is 21.1 Å². The van der Waals surface area contributed by atoms with E-state index in [1.165, 1.54) is 6.07 Å². The number of nitrogens with zero attached hydrogens (tertiary/aromatic N) is 4. The molecule has 1 atom stereocenters. The number of halogens is 2. The zero-order valence-corrected chi connectivity index (χ0v) is 20.2. The molecule has 4 heterocycles. The molecule has 0 radical (unpaired) electrons. The molecule has 2 aliphatic rings. The van der Waals surface area contributed by atoms with Crippen molar-refractivity contribution in [1.82, 2.24) is 19.4 Å². The number of hydrogen-bond donors (Lipinski definition) is 0. The van der Waals surface area contributed by atoms with Crippen molar-refractivity contribution in [3.63, 3.8) is 0 Å². The summed E-state index contributed by atoms with van der Waals surface area (Å²) < 4.78 is 27.3. The number of hydrogen-bond acceptors (Lipinski definition) is 6. The molecule has 1 unspecified atom stereocenters. The predicted molar refractivity (Wildman–Crippen MR) is 129 cm³/mol. The minimum Gasteiger partial charge on any atom is -0.473 e. The molecular weight excluding hydrogens is 471 g/mol. The second kappa shape index (κ2) is 10.8. The quantitative estimate of drug-likeness (QED) is 0.401. The van der Waals surface area contributed by atoms with Gasteiger partial charge in [0.1, 0.15) is 23.9 Å². The lowest BCUT2D eigenvalue weighted by atomic mass is 9.93. The van der Waals surface area contributed by atoms with Crippen LogP contribution in [-0.2, 0) is 24.4 Å². The van der Waals surface area contributed by atoms with Crippen molar-refractivity contribution >= 4 is 17.9 Å². The highest BCUT2D eigenvalue weighted by Crippen LogP contribution is 2.29. The smallest absolute Gasteiger partial charge is 0.213 e. The van der Waals surface area contributed by atoms with Gasteiger partial charge in [-0.3, -0.25) is 9.69 Å². The third-order valence-electron chi connectivity index (χ3n) is 6.78. The van der Waals surface area contributed by atoms with Gasteiger partial charge in [-0.1, -0.05) is 23.7 Å². The second-order valence-corrected chi connectivity index (χ2v) is 9.52. The third kappa shape index (κ3) is 5.72. The Hall–Kier alpha value is -2.81. The number of piperidine rings is 1. The number of carbonyl (C=O) groups is 1. The van der Waals surface area contributed by atoms with Crippen molar-refractivity contribution in [2.45, 2.75) is 51.0 Å². The zero-order chi connectivity index (χ0) is 24.2. The number of aromatic nitrogens is 3. The Morgan fingerprint density at radius 2 is 2.03 bits per heavy atom. The van der Waals surface area contributed by atoms with Gasteiger partial charge in [0, 0.05) is 34.9 Å². The molecule has 2 saturated heterocycles. The van der Waals surface area contributed by atoms with Gasteiger partial charge in [-0.25, -0.2) is 14.4 Å². The minimum absolute atomic E-state index is 0.0964. The van der Waals surface area contributed by atoms with E-state index in [-0.39, 0.29) is 18.5 Å². The molecule has 0 bridgehead atoms. The Labute approximate surface area is 208 Å². The summed E-state index contributed by atoms with van der Waals surface area (Å²) in [5.74, 6) is 1.34. The maximum absolute atomic E-state index is 14.0. The van der Waals surface area contributed by atoms with Gasteiger partial charge in [-0.2, -0.15) is 0 Å². The molecule has 2 aliphatic heterocycles. The average molecular weight is 499 g/mol. The molecule has 3 aromatic rings. The van der Waals surface area contributed by atoms with Gasteiger partial charge >= 0.3 is 0 Å². The highest BCUT2D eigenvalue weighted by Gasteiger charge is 2.25. The van der Waals surface area contributed by atoms with E-state index in [1.807, 2.05) is 16.7 Å². The lowest BCUT2D eigenvalue weighted by molar-refractivity contribution is -0.0599. The fourth-order valence-electron chi connectivity index (χ4n) is 4.61. The molecule has 7 nitrogen and oxygen atoms in total. The molecule has 0 amide bonds. The molecule has 1 aromatic carbocycles. The molecular formula is C26H28ClFN4O3. The monoisotopic (exact) mass is 498 g/mol. The first-order valence-corrected chi connectivity index (χ1v) is 12.3. The summed E-state index contributed by atoms with van der Waals surface area (Å²) in [6.07, 6.45) is 5.64. The van der Waals surface area contributed by atoms with E-state index < -0.39 is 0 Å². The van der Waals surface area contributed by atoms with Crippen molar-refractivity contribution in [2.24, 2.45) is 0 Å². The first kappa shape index (κ1) is 23.9. The third-order valence-corrected chi connectivity index (χ3v) is 7.01. The molecule has 0 spiro atoms. The molecule has 184 valence electrons. The van der Waals surface area contributed by atoms with Gasteiger partial charge in [0.25, 0.3) is 0 Å². The van der Waals surface area contributed by atoms with Crippen LogP contribution in [-0.4, -0.2) is 51.5 Å². The molecule has 9 heteroatoms. The van der Waals surface area contributed by atoms with E-state index in [0.29, 0.717) is 41.2 Å². The summed E-state index contributed by atoms with van der Waals surface area (Å²) in [7, 11) is 0. The van der Waals surface area contributed by atoms with Crippen LogP contribution in [0, 0.1) is 5.82 Å². The van der Waals surface area contributed by atoms with Crippen LogP contribution in [0.5, 0.6) is 5.88 Å². The van der Waals surface area contributed by atoms with E-state index in [9.17, 15) is 9.18 Å². The van der Waals surface area contributed by atoms with Gasteiger partial charge in [0.15, 0.2) is 6.29 Å². The van der Waals surface area contributed by atoms with E-state index >= 15 is 0 Å². The lowest BCUT2D eigenvalue weighted by Crippen LogP contribution is -2.35. The number of carbonyl (C=O) groups excluding carboxylic acids is 1. The van der Waals surface area contributed by atoms with Gasteiger partial charge in [-0.05, 0) is 50.6 Å². The van der Waals surface area contributed by atoms with Crippen molar-refractivity contribution in [1.29, 1.82) is 0 Å². The van der Waals surface area contributed by atoms with Crippen LogP contribution < -0.4 is 4.74 Å². The summed E-state index contributed by atoms with van der Waals surface area (Å²) in [5.41, 5.74) is 2.03. The topological polar surface area (TPSA) is 69.5 Å².